The van der Waals surface area contributed by atoms with Crippen molar-refractivity contribution in [3.05, 3.63) is 194 Å². The minimum Gasteiger partial charge on any atom is -0.458 e. The quantitative estimate of drug-likeness (QED) is 0.164. The molecule has 0 amide bonds. The van der Waals surface area contributed by atoms with Crippen LogP contribution in [0.25, 0.3) is 93.6 Å². The maximum atomic E-state index is 6.94. The third-order valence-electron chi connectivity index (χ3n) is 13.3. The summed E-state index contributed by atoms with van der Waals surface area (Å²) >= 11 is 0. The Morgan fingerprint density at radius 3 is 1.60 bits per heavy atom. The van der Waals surface area contributed by atoms with E-state index >= 15 is 0 Å². The third kappa shape index (κ3) is 4.20. The molecule has 0 unspecified atom stereocenters. The van der Waals surface area contributed by atoms with E-state index in [1.165, 1.54) is 104 Å². The van der Waals surface area contributed by atoms with Crippen LogP contribution in [0.2, 0.25) is 0 Å². The van der Waals surface area contributed by atoms with Crippen LogP contribution in [0.4, 0.5) is 0 Å². The fraction of sp³-hybridized carbons (Fsp3) is 0.0182. The minimum atomic E-state index is -0.0489. The number of para-hydroxylation sites is 4. The number of hydrogen-bond acceptors (Lipinski definition) is 1. The first-order valence-corrected chi connectivity index (χ1v) is 20.8. The summed E-state index contributed by atoms with van der Waals surface area (Å²) in [5.74, 6) is 1.84. The van der Waals surface area contributed by atoms with Crippen LogP contribution in [-0.4, -0.2) is 20.4 Å². The van der Waals surface area contributed by atoms with Crippen molar-refractivity contribution in [2.24, 2.45) is 0 Å². The molecule has 2 aliphatic heterocycles. The second-order valence-corrected chi connectivity index (χ2v) is 16.6. The van der Waals surface area contributed by atoms with E-state index in [2.05, 4.69) is 209 Å². The van der Waals surface area contributed by atoms with Gasteiger partial charge in [0.15, 0.2) is 0 Å². The lowest BCUT2D eigenvalue weighted by molar-refractivity contribution is 0.487. The monoisotopic (exact) mass is 763 g/mol. The number of aromatic nitrogens is 3. The average molecular weight is 764 g/mol. The number of hydrogen-bond donors (Lipinski definition) is 0. The second kappa shape index (κ2) is 11.7. The van der Waals surface area contributed by atoms with Crippen molar-refractivity contribution in [2.45, 2.75) is 6.92 Å². The molecule has 9 aromatic carbocycles. The Hall–Kier alpha value is -7.76. The highest BCUT2D eigenvalue weighted by Crippen LogP contribution is 2.42. The van der Waals surface area contributed by atoms with Gasteiger partial charge in [-0.1, -0.05) is 115 Å². The lowest BCUT2D eigenvalue weighted by Crippen LogP contribution is -2.58. The van der Waals surface area contributed by atoms with Crippen molar-refractivity contribution < 1.29 is 4.74 Å². The highest BCUT2D eigenvalue weighted by molar-refractivity contribution is 6.99. The van der Waals surface area contributed by atoms with Gasteiger partial charge in [-0.05, 0) is 113 Å². The number of benzene rings is 9. The van der Waals surface area contributed by atoms with E-state index in [-0.39, 0.29) is 6.71 Å². The van der Waals surface area contributed by atoms with Crippen molar-refractivity contribution in [3.8, 4) is 39.7 Å². The summed E-state index contributed by atoms with van der Waals surface area (Å²) in [4.78, 5) is 0. The lowest BCUT2D eigenvalue weighted by atomic mass is 9.34. The molecule has 5 heterocycles. The number of rotatable bonds is 3. The summed E-state index contributed by atoms with van der Waals surface area (Å²) in [6.45, 7) is 2.14. The summed E-state index contributed by atoms with van der Waals surface area (Å²) in [5, 5.41) is 7.49. The predicted octanol–water partition coefficient (Wildman–Crippen LogP) is 11.9. The van der Waals surface area contributed by atoms with Crippen LogP contribution in [0, 0.1) is 6.92 Å². The Morgan fingerprint density at radius 1 is 0.383 bits per heavy atom. The summed E-state index contributed by atoms with van der Waals surface area (Å²) < 4.78 is 14.4. The van der Waals surface area contributed by atoms with Gasteiger partial charge in [0, 0.05) is 54.9 Å². The first-order valence-electron chi connectivity index (χ1n) is 20.8. The molecule has 60 heavy (non-hydrogen) atoms. The second-order valence-electron chi connectivity index (χ2n) is 16.6. The van der Waals surface area contributed by atoms with Crippen LogP contribution in [-0.2, 0) is 0 Å². The maximum absolute atomic E-state index is 6.94. The molecular formula is C55H34BN3O. The SMILES string of the molecule is Cc1cc2c3c(c1)-n1c4ccc(-n5c6ccccc6c6ccccc65)cc4c4cc(-n5c6ccccc6c6ccccc65)cc(c41)B3c1cc(-c3ccccc3)ccc1O2. The maximum Gasteiger partial charge on any atom is 0.256 e. The summed E-state index contributed by atoms with van der Waals surface area (Å²) in [6.07, 6.45) is 0. The largest absolute Gasteiger partial charge is 0.458 e. The molecule has 5 heteroatoms. The lowest BCUT2D eigenvalue weighted by Gasteiger charge is -2.34. The molecule has 3 aromatic heterocycles. The van der Waals surface area contributed by atoms with E-state index in [1.54, 1.807) is 0 Å². The van der Waals surface area contributed by atoms with Crippen molar-refractivity contribution >= 4 is 88.5 Å². The average Bonchev–Trinajstić information content (AvgIpc) is 3.93. The Balaban J connectivity index is 1.14. The van der Waals surface area contributed by atoms with E-state index in [1.807, 2.05) is 0 Å². The van der Waals surface area contributed by atoms with Gasteiger partial charge in [-0.2, -0.15) is 0 Å². The van der Waals surface area contributed by atoms with Crippen LogP contribution in [0.3, 0.4) is 0 Å². The molecule has 0 bridgehead atoms. The molecule has 278 valence electrons. The molecule has 0 spiro atoms. The van der Waals surface area contributed by atoms with Crippen LogP contribution < -0.4 is 21.1 Å². The molecule has 14 rings (SSSR count). The van der Waals surface area contributed by atoms with Crippen LogP contribution >= 0.6 is 0 Å². The van der Waals surface area contributed by atoms with E-state index < -0.39 is 0 Å². The normalized spacial score (nSPS) is 12.8. The Bertz CT molecular complexity index is 3720. The molecule has 0 atom stereocenters. The van der Waals surface area contributed by atoms with E-state index in [9.17, 15) is 0 Å². The van der Waals surface area contributed by atoms with Gasteiger partial charge in [-0.25, -0.2) is 0 Å². The highest BCUT2D eigenvalue weighted by atomic mass is 16.5. The molecule has 4 nitrogen and oxygen atoms in total. The van der Waals surface area contributed by atoms with Gasteiger partial charge in [-0.3, -0.25) is 0 Å². The predicted molar refractivity (Wildman–Crippen MR) is 251 cm³/mol. The molecule has 0 saturated heterocycles. The number of ether oxygens (including phenoxy) is 1. The van der Waals surface area contributed by atoms with Gasteiger partial charge >= 0.3 is 0 Å². The zero-order valence-electron chi connectivity index (χ0n) is 32.7. The fourth-order valence-corrected chi connectivity index (χ4v) is 10.9. The molecule has 12 aromatic rings. The van der Waals surface area contributed by atoms with Crippen molar-refractivity contribution in [2.75, 3.05) is 0 Å². The van der Waals surface area contributed by atoms with Gasteiger partial charge in [0.05, 0.1) is 27.6 Å². The van der Waals surface area contributed by atoms with Gasteiger partial charge in [0.1, 0.15) is 11.5 Å². The van der Waals surface area contributed by atoms with Gasteiger partial charge in [0.2, 0.25) is 0 Å². The standard InChI is InChI=1S/C55H34BN3O/c1-33-27-51-54-53(28-33)60-52-26-23-35(34-13-3-2-4-14-34)29-44(52)56(54)45-32-37(58-48-21-11-7-17-40(48)41-18-8-12-22-49(41)58)31-43-42-30-36(24-25-50(42)59(51)55(43)45)57-46-19-9-5-15-38(46)39-16-6-10-20-47(39)57/h2-32H,1H3. The molecule has 0 saturated carbocycles. The smallest absolute Gasteiger partial charge is 0.256 e. The molecule has 0 radical (unpaired) electrons. The zero-order valence-corrected chi connectivity index (χ0v) is 32.7. The van der Waals surface area contributed by atoms with Crippen LogP contribution in [0.1, 0.15) is 5.56 Å². The molecule has 0 aliphatic carbocycles. The topological polar surface area (TPSA) is 24.0 Å². The van der Waals surface area contributed by atoms with E-state index in [0.717, 1.165) is 22.9 Å². The van der Waals surface area contributed by atoms with E-state index in [0.29, 0.717) is 0 Å². The van der Waals surface area contributed by atoms with Gasteiger partial charge < -0.3 is 18.4 Å². The summed E-state index contributed by atoms with van der Waals surface area (Å²) in [7, 11) is 0. The Kier molecular flexibility index (Phi) is 6.27. The molecule has 0 fully saturated rings. The zero-order chi connectivity index (χ0) is 39.2. The number of aryl methyl sites for hydroxylation is 1. The Labute approximate surface area is 345 Å². The van der Waals surface area contributed by atoms with Crippen molar-refractivity contribution in [3.63, 3.8) is 0 Å². The molecule has 0 N–H and O–H groups in total. The minimum absolute atomic E-state index is 0.0489. The van der Waals surface area contributed by atoms with Crippen molar-refractivity contribution in [1.29, 1.82) is 0 Å². The van der Waals surface area contributed by atoms with Crippen molar-refractivity contribution in [1.82, 2.24) is 13.7 Å². The first kappa shape index (κ1) is 32.2. The number of nitrogens with zero attached hydrogens (tertiary/aromatic N) is 3. The summed E-state index contributed by atoms with van der Waals surface area (Å²) in [5.41, 5.74) is 18.0. The molecular weight excluding hydrogens is 729 g/mol. The van der Waals surface area contributed by atoms with Gasteiger partial charge in [-0.15, -0.1) is 0 Å². The van der Waals surface area contributed by atoms with Gasteiger partial charge in [0.25, 0.3) is 6.71 Å². The number of fused-ring (bicyclic) bond motifs is 13. The highest BCUT2D eigenvalue weighted by Gasteiger charge is 2.41. The summed E-state index contributed by atoms with van der Waals surface area (Å²) in [6, 6.07) is 69.3. The molecule has 2 aliphatic rings. The third-order valence-corrected chi connectivity index (χ3v) is 13.3. The van der Waals surface area contributed by atoms with Crippen LogP contribution in [0.5, 0.6) is 11.5 Å². The van der Waals surface area contributed by atoms with E-state index in [4.69, 9.17) is 4.74 Å². The van der Waals surface area contributed by atoms with Crippen LogP contribution in [0.15, 0.2) is 188 Å². The first-order chi connectivity index (χ1) is 29.7. The Morgan fingerprint density at radius 2 is 0.950 bits per heavy atom. The fourth-order valence-electron chi connectivity index (χ4n) is 10.9.